The van der Waals surface area contributed by atoms with Crippen LogP contribution >= 0.6 is 0 Å². The van der Waals surface area contributed by atoms with Crippen LogP contribution in [0.3, 0.4) is 0 Å². The molecule has 0 saturated heterocycles. The molecule has 2 aromatic carbocycles. The predicted molar refractivity (Wildman–Crippen MR) is 173 cm³/mol. The molecule has 2 rings (SSSR count). The van der Waals surface area contributed by atoms with Crippen molar-refractivity contribution in [3.8, 4) is 0 Å². The standard InChI is InChI=1S/C35H49N3O6/c1-11-23(3)38(31(40)24(4)36-33(42)44-35(8,9)10)29(27-20-16-19-25(12-2)21-27)30(39)37-28(32(41)43-34(5,6)7)22-26-17-14-13-15-18-26/h12-21,23-24,28-29H,2,11,22H2,1,3-10H3,(H,36,42)(H,37,39). The van der Waals surface area contributed by atoms with E-state index in [4.69, 9.17) is 9.47 Å². The number of benzene rings is 2. The van der Waals surface area contributed by atoms with Gasteiger partial charge in [-0.2, -0.15) is 0 Å². The van der Waals surface area contributed by atoms with Gasteiger partial charge in [-0.3, -0.25) is 9.59 Å². The molecule has 0 aliphatic heterocycles. The van der Waals surface area contributed by atoms with Crippen LogP contribution in [-0.2, 0) is 30.3 Å². The van der Waals surface area contributed by atoms with Crippen molar-refractivity contribution in [3.05, 3.63) is 77.9 Å². The molecule has 0 heterocycles. The van der Waals surface area contributed by atoms with Gasteiger partial charge in [0, 0.05) is 12.5 Å². The second-order valence-corrected chi connectivity index (χ2v) is 12.9. The maximum Gasteiger partial charge on any atom is 0.408 e. The van der Waals surface area contributed by atoms with Crippen molar-refractivity contribution in [2.75, 3.05) is 0 Å². The Morgan fingerprint density at radius 2 is 1.50 bits per heavy atom. The highest BCUT2D eigenvalue weighted by atomic mass is 16.6. The first kappa shape index (κ1) is 36.1. The van der Waals surface area contributed by atoms with E-state index in [1.807, 2.05) is 50.2 Å². The number of nitrogens with zero attached hydrogens (tertiary/aromatic N) is 1. The number of alkyl carbamates (subject to hydrolysis) is 1. The molecule has 4 atom stereocenters. The first-order valence-electron chi connectivity index (χ1n) is 15.1. The first-order valence-corrected chi connectivity index (χ1v) is 15.1. The summed E-state index contributed by atoms with van der Waals surface area (Å²) >= 11 is 0. The van der Waals surface area contributed by atoms with Crippen molar-refractivity contribution in [2.24, 2.45) is 0 Å². The Balaban J connectivity index is 2.58. The van der Waals surface area contributed by atoms with E-state index in [1.54, 1.807) is 72.7 Å². The van der Waals surface area contributed by atoms with Crippen molar-refractivity contribution in [3.63, 3.8) is 0 Å². The number of carbonyl (C=O) groups is 4. The third kappa shape index (κ3) is 11.2. The minimum Gasteiger partial charge on any atom is -0.458 e. The summed E-state index contributed by atoms with van der Waals surface area (Å²) in [6.07, 6.45) is 1.62. The molecule has 0 aromatic heterocycles. The smallest absolute Gasteiger partial charge is 0.408 e. The molecule has 0 radical (unpaired) electrons. The highest BCUT2D eigenvalue weighted by molar-refractivity contribution is 5.94. The van der Waals surface area contributed by atoms with Crippen LogP contribution in [0, 0.1) is 0 Å². The molecule has 4 unspecified atom stereocenters. The minimum atomic E-state index is -1.14. The van der Waals surface area contributed by atoms with Crippen molar-refractivity contribution in [1.82, 2.24) is 15.5 Å². The third-order valence-electron chi connectivity index (χ3n) is 6.70. The predicted octanol–water partition coefficient (Wildman–Crippen LogP) is 5.98. The molecule has 0 bridgehead atoms. The number of rotatable bonds is 12. The van der Waals surface area contributed by atoms with Gasteiger partial charge < -0.3 is 25.0 Å². The van der Waals surface area contributed by atoms with E-state index in [1.165, 1.54) is 4.90 Å². The van der Waals surface area contributed by atoms with E-state index in [-0.39, 0.29) is 6.42 Å². The van der Waals surface area contributed by atoms with Crippen LogP contribution in [0.25, 0.3) is 6.08 Å². The highest BCUT2D eigenvalue weighted by Crippen LogP contribution is 2.28. The summed E-state index contributed by atoms with van der Waals surface area (Å²) in [7, 11) is 0. The van der Waals surface area contributed by atoms with E-state index >= 15 is 0 Å². The zero-order valence-corrected chi connectivity index (χ0v) is 27.6. The molecule has 0 spiro atoms. The van der Waals surface area contributed by atoms with Gasteiger partial charge in [0.25, 0.3) is 0 Å². The Kier molecular flexibility index (Phi) is 12.7. The largest absolute Gasteiger partial charge is 0.458 e. The lowest BCUT2D eigenvalue weighted by atomic mass is 9.97. The van der Waals surface area contributed by atoms with Crippen molar-refractivity contribution in [1.29, 1.82) is 0 Å². The van der Waals surface area contributed by atoms with E-state index < -0.39 is 59.2 Å². The second-order valence-electron chi connectivity index (χ2n) is 12.9. The second kappa shape index (κ2) is 15.5. The average molecular weight is 608 g/mol. The number of hydrogen-bond donors (Lipinski definition) is 2. The van der Waals surface area contributed by atoms with Gasteiger partial charge in [0.15, 0.2) is 0 Å². The van der Waals surface area contributed by atoms with Gasteiger partial charge in [0.05, 0.1) is 0 Å². The maximum absolute atomic E-state index is 14.4. The highest BCUT2D eigenvalue weighted by Gasteiger charge is 2.39. The molecular formula is C35H49N3O6. The topological polar surface area (TPSA) is 114 Å². The zero-order chi connectivity index (χ0) is 33.2. The molecule has 0 fully saturated rings. The molecule has 240 valence electrons. The Morgan fingerprint density at radius 1 is 0.886 bits per heavy atom. The minimum absolute atomic E-state index is 0.189. The summed E-state index contributed by atoms with van der Waals surface area (Å²) in [5, 5.41) is 5.51. The number of esters is 1. The number of ether oxygens (including phenoxy) is 2. The molecule has 3 amide bonds. The van der Waals surface area contributed by atoms with E-state index in [0.29, 0.717) is 12.0 Å². The Morgan fingerprint density at radius 3 is 2.05 bits per heavy atom. The van der Waals surface area contributed by atoms with E-state index in [9.17, 15) is 19.2 Å². The lowest BCUT2D eigenvalue weighted by Crippen LogP contribution is -2.56. The van der Waals surface area contributed by atoms with Gasteiger partial charge in [-0.25, -0.2) is 9.59 Å². The van der Waals surface area contributed by atoms with Crippen LogP contribution < -0.4 is 10.6 Å². The Hall–Kier alpha value is -4.14. The van der Waals surface area contributed by atoms with Crippen LogP contribution in [0.2, 0.25) is 0 Å². The maximum atomic E-state index is 14.4. The lowest BCUT2D eigenvalue weighted by molar-refractivity contribution is -0.159. The fourth-order valence-electron chi connectivity index (χ4n) is 4.53. The van der Waals surface area contributed by atoms with Gasteiger partial charge in [-0.1, -0.05) is 68.1 Å². The zero-order valence-electron chi connectivity index (χ0n) is 27.6. The normalized spacial score (nSPS) is 14.3. The fourth-order valence-corrected chi connectivity index (χ4v) is 4.53. The third-order valence-corrected chi connectivity index (χ3v) is 6.70. The monoisotopic (exact) mass is 607 g/mol. The quantitative estimate of drug-likeness (QED) is 0.287. The van der Waals surface area contributed by atoms with Crippen LogP contribution in [-0.4, -0.2) is 58.1 Å². The molecule has 44 heavy (non-hydrogen) atoms. The van der Waals surface area contributed by atoms with Crippen molar-refractivity contribution >= 4 is 30.0 Å². The van der Waals surface area contributed by atoms with Crippen molar-refractivity contribution in [2.45, 2.75) is 111 Å². The summed E-state index contributed by atoms with van der Waals surface area (Å²) in [6.45, 7) is 19.6. The summed E-state index contributed by atoms with van der Waals surface area (Å²) in [5.74, 6) is -1.63. The molecule has 0 aliphatic carbocycles. The molecule has 2 N–H and O–H groups in total. The van der Waals surface area contributed by atoms with Gasteiger partial charge in [0.1, 0.15) is 29.3 Å². The first-order chi connectivity index (χ1) is 20.5. The van der Waals surface area contributed by atoms with E-state index in [0.717, 1.165) is 11.1 Å². The number of carbonyl (C=O) groups excluding carboxylic acids is 4. The lowest BCUT2D eigenvalue weighted by Gasteiger charge is -2.38. The number of amides is 3. The molecule has 9 nitrogen and oxygen atoms in total. The van der Waals surface area contributed by atoms with Gasteiger partial charge in [0.2, 0.25) is 11.8 Å². The summed E-state index contributed by atoms with van der Waals surface area (Å²) < 4.78 is 11.0. The van der Waals surface area contributed by atoms with Crippen LogP contribution in [0.4, 0.5) is 4.79 Å². The van der Waals surface area contributed by atoms with Crippen LogP contribution in [0.15, 0.2) is 61.2 Å². The van der Waals surface area contributed by atoms with Gasteiger partial charge in [-0.15, -0.1) is 0 Å². The number of nitrogens with one attached hydrogen (secondary N) is 2. The molecule has 9 heteroatoms. The number of hydrogen-bond acceptors (Lipinski definition) is 6. The average Bonchev–Trinajstić information content (AvgIpc) is 2.93. The Bertz CT molecular complexity index is 1300. The van der Waals surface area contributed by atoms with Gasteiger partial charge in [-0.05, 0) is 84.6 Å². The molecular weight excluding hydrogens is 558 g/mol. The summed E-state index contributed by atoms with van der Waals surface area (Å²) in [5.41, 5.74) is 0.576. The summed E-state index contributed by atoms with van der Waals surface area (Å²) in [6, 6.07) is 12.9. The Labute approximate surface area is 262 Å². The van der Waals surface area contributed by atoms with Crippen LogP contribution in [0.5, 0.6) is 0 Å². The molecule has 2 aromatic rings. The van der Waals surface area contributed by atoms with Crippen LogP contribution in [0.1, 0.15) is 91.5 Å². The molecule has 0 aliphatic rings. The SMILES string of the molecule is C=Cc1cccc(C(C(=O)NC(Cc2ccccc2)C(=O)OC(C)(C)C)N(C(=O)C(C)NC(=O)OC(C)(C)C)C(C)CC)c1. The van der Waals surface area contributed by atoms with Gasteiger partial charge >= 0.3 is 12.1 Å². The molecule has 0 saturated carbocycles. The summed E-state index contributed by atoms with van der Waals surface area (Å²) in [4.78, 5) is 55.9. The van der Waals surface area contributed by atoms with E-state index in [2.05, 4.69) is 17.2 Å². The van der Waals surface area contributed by atoms with Crippen molar-refractivity contribution < 1.29 is 28.7 Å². The fraction of sp³-hybridized carbons (Fsp3) is 0.486.